The van der Waals surface area contributed by atoms with Gasteiger partial charge < -0.3 is 14.6 Å². The Labute approximate surface area is 140 Å². The predicted molar refractivity (Wildman–Crippen MR) is 89.5 cm³/mol. The first-order valence-corrected chi connectivity index (χ1v) is 8.15. The van der Waals surface area contributed by atoms with Crippen LogP contribution in [0.15, 0.2) is 43.0 Å². The summed E-state index contributed by atoms with van der Waals surface area (Å²) in [5.41, 5.74) is 2.11. The second-order valence-electron chi connectivity index (χ2n) is 5.94. The molecule has 0 amide bonds. The van der Waals surface area contributed by atoms with Crippen LogP contribution >= 0.6 is 0 Å². The van der Waals surface area contributed by atoms with Gasteiger partial charge in [0.25, 0.3) is 0 Å². The van der Waals surface area contributed by atoms with Gasteiger partial charge in [0, 0.05) is 31.7 Å². The molecule has 0 radical (unpaired) electrons. The lowest BCUT2D eigenvalue weighted by atomic mass is 10.3. The molecule has 124 valence electrons. The van der Waals surface area contributed by atoms with Crippen LogP contribution in [0, 0.1) is 0 Å². The normalized spacial score (nSPS) is 15.0. The van der Waals surface area contributed by atoms with E-state index in [0.717, 1.165) is 36.9 Å². The zero-order chi connectivity index (χ0) is 16.4. The number of nitrogens with one attached hydrogen (secondary N) is 1. The number of fused-ring (bicyclic) bond motifs is 1. The van der Waals surface area contributed by atoms with E-state index in [9.17, 15) is 0 Å². The maximum Gasteiger partial charge on any atom is 0.160 e. The fraction of sp³-hybridized carbons (Fsp3) is 0.353. The third-order valence-electron chi connectivity index (χ3n) is 4.04. The molecule has 3 aromatic rings. The van der Waals surface area contributed by atoms with Gasteiger partial charge in [0.2, 0.25) is 0 Å². The summed E-state index contributed by atoms with van der Waals surface area (Å²) in [5, 5.41) is 8.05. The van der Waals surface area contributed by atoms with Crippen molar-refractivity contribution in [3.8, 4) is 17.3 Å². The van der Waals surface area contributed by atoms with Gasteiger partial charge in [-0.1, -0.05) is 0 Å². The summed E-state index contributed by atoms with van der Waals surface area (Å²) in [7, 11) is 0. The Kier molecular flexibility index (Phi) is 4.00. The van der Waals surface area contributed by atoms with E-state index in [2.05, 4.69) is 35.7 Å². The van der Waals surface area contributed by atoms with Crippen molar-refractivity contribution in [2.24, 2.45) is 0 Å². The molecule has 0 bridgehead atoms. The van der Waals surface area contributed by atoms with Crippen LogP contribution in [0.5, 0.6) is 5.75 Å². The minimum atomic E-state index is 0.000978. The van der Waals surface area contributed by atoms with Gasteiger partial charge in [-0.05, 0) is 25.1 Å². The molecule has 7 nitrogen and oxygen atoms in total. The Hall–Kier alpha value is -2.67. The average molecular weight is 324 g/mol. The monoisotopic (exact) mass is 324 g/mol. The highest BCUT2D eigenvalue weighted by molar-refractivity contribution is 5.50. The Balaban J connectivity index is 1.51. The van der Waals surface area contributed by atoms with E-state index in [0.29, 0.717) is 6.54 Å². The average Bonchev–Trinajstić information content (AvgIpc) is 3.21. The topological polar surface area (TPSA) is 69.8 Å². The molecule has 0 spiro atoms. The largest absolute Gasteiger partial charge is 0.487 e. The SMILES string of the molecule is C[C@H](Cn1ccnc1-c1cc2n(n1)CCNC2)Oc1cccnc1. The standard InChI is InChI=1S/C17H20N6O/c1-13(24-15-3-2-4-18-11-15)12-22-7-6-20-17(22)16-9-14-10-19-5-8-23(14)21-16/h2-4,6-7,9,11,13,19H,5,8,10,12H2,1H3/t13-/m1/s1. The Morgan fingerprint density at radius 1 is 1.38 bits per heavy atom. The van der Waals surface area contributed by atoms with Crippen LogP contribution < -0.4 is 10.1 Å². The van der Waals surface area contributed by atoms with E-state index in [4.69, 9.17) is 4.74 Å². The van der Waals surface area contributed by atoms with Crippen LogP contribution in [-0.4, -0.2) is 37.0 Å². The fourth-order valence-corrected chi connectivity index (χ4v) is 2.96. The number of imidazole rings is 1. The van der Waals surface area contributed by atoms with Crippen molar-refractivity contribution >= 4 is 0 Å². The minimum absolute atomic E-state index is 0.000978. The third kappa shape index (κ3) is 3.03. The molecule has 7 heteroatoms. The van der Waals surface area contributed by atoms with Crippen molar-refractivity contribution in [1.82, 2.24) is 29.6 Å². The quantitative estimate of drug-likeness (QED) is 0.774. The van der Waals surface area contributed by atoms with Gasteiger partial charge in [0.1, 0.15) is 17.5 Å². The zero-order valence-corrected chi connectivity index (χ0v) is 13.6. The van der Waals surface area contributed by atoms with Crippen LogP contribution in [0.1, 0.15) is 12.6 Å². The highest BCUT2D eigenvalue weighted by atomic mass is 16.5. The summed E-state index contributed by atoms with van der Waals surface area (Å²) >= 11 is 0. The van der Waals surface area contributed by atoms with Gasteiger partial charge >= 0.3 is 0 Å². The summed E-state index contributed by atoms with van der Waals surface area (Å²) in [6.07, 6.45) is 7.24. The Morgan fingerprint density at radius 3 is 3.17 bits per heavy atom. The molecule has 0 unspecified atom stereocenters. The smallest absolute Gasteiger partial charge is 0.160 e. The van der Waals surface area contributed by atoms with E-state index in [1.807, 2.05) is 31.5 Å². The molecule has 4 heterocycles. The summed E-state index contributed by atoms with van der Waals surface area (Å²) in [5.74, 6) is 1.65. The number of nitrogens with zero attached hydrogens (tertiary/aromatic N) is 5. The number of hydrogen-bond donors (Lipinski definition) is 1. The summed E-state index contributed by atoms with van der Waals surface area (Å²) in [6, 6.07) is 5.89. The lowest BCUT2D eigenvalue weighted by Crippen LogP contribution is -2.28. The second kappa shape index (κ2) is 6.45. The van der Waals surface area contributed by atoms with Gasteiger partial charge in [-0.2, -0.15) is 5.10 Å². The molecule has 24 heavy (non-hydrogen) atoms. The second-order valence-corrected chi connectivity index (χ2v) is 5.94. The third-order valence-corrected chi connectivity index (χ3v) is 4.04. The van der Waals surface area contributed by atoms with Crippen LogP contribution in [-0.2, 0) is 19.6 Å². The lowest BCUT2D eigenvalue weighted by Gasteiger charge is -2.16. The molecule has 0 aromatic carbocycles. The molecular weight excluding hydrogens is 304 g/mol. The first-order valence-electron chi connectivity index (χ1n) is 8.15. The van der Waals surface area contributed by atoms with E-state index in [-0.39, 0.29) is 6.10 Å². The number of hydrogen-bond acceptors (Lipinski definition) is 5. The van der Waals surface area contributed by atoms with E-state index < -0.39 is 0 Å². The molecule has 0 saturated heterocycles. The molecular formula is C17H20N6O. The molecule has 0 fully saturated rings. The fourth-order valence-electron chi connectivity index (χ4n) is 2.96. The molecule has 1 aliphatic rings. The molecule has 1 atom stereocenters. The van der Waals surface area contributed by atoms with Crippen molar-refractivity contribution in [3.63, 3.8) is 0 Å². The summed E-state index contributed by atoms with van der Waals surface area (Å²) < 4.78 is 10.1. The van der Waals surface area contributed by atoms with Gasteiger partial charge in [-0.3, -0.25) is 9.67 Å². The number of ether oxygens (including phenoxy) is 1. The van der Waals surface area contributed by atoms with Crippen LogP contribution in [0.4, 0.5) is 0 Å². The number of rotatable bonds is 5. The first-order chi connectivity index (χ1) is 11.8. The summed E-state index contributed by atoms with van der Waals surface area (Å²) in [4.78, 5) is 8.56. The van der Waals surface area contributed by atoms with Gasteiger partial charge in [-0.15, -0.1) is 0 Å². The zero-order valence-electron chi connectivity index (χ0n) is 13.6. The predicted octanol–water partition coefficient (Wildman–Crippen LogP) is 1.71. The molecule has 4 rings (SSSR count). The summed E-state index contributed by atoms with van der Waals surface area (Å²) in [6.45, 7) is 5.45. The van der Waals surface area contributed by atoms with Crippen molar-refractivity contribution < 1.29 is 4.74 Å². The van der Waals surface area contributed by atoms with Crippen LogP contribution in [0.25, 0.3) is 11.5 Å². The molecule has 1 N–H and O–H groups in total. The van der Waals surface area contributed by atoms with Gasteiger partial charge in [-0.25, -0.2) is 4.98 Å². The van der Waals surface area contributed by atoms with E-state index >= 15 is 0 Å². The van der Waals surface area contributed by atoms with Crippen LogP contribution in [0.2, 0.25) is 0 Å². The Morgan fingerprint density at radius 2 is 2.33 bits per heavy atom. The van der Waals surface area contributed by atoms with Crippen LogP contribution in [0.3, 0.4) is 0 Å². The lowest BCUT2D eigenvalue weighted by molar-refractivity contribution is 0.199. The number of pyridine rings is 1. The van der Waals surface area contributed by atoms with E-state index in [1.165, 1.54) is 5.69 Å². The van der Waals surface area contributed by atoms with Crippen molar-refractivity contribution in [3.05, 3.63) is 48.7 Å². The van der Waals surface area contributed by atoms with Gasteiger partial charge in [0.05, 0.1) is 25.0 Å². The maximum absolute atomic E-state index is 5.91. The Bertz CT molecular complexity index is 786. The van der Waals surface area contributed by atoms with Crippen molar-refractivity contribution in [1.29, 1.82) is 0 Å². The van der Waals surface area contributed by atoms with Crippen molar-refractivity contribution in [2.75, 3.05) is 6.54 Å². The molecule has 1 aliphatic heterocycles. The number of aromatic nitrogens is 5. The minimum Gasteiger partial charge on any atom is -0.487 e. The van der Waals surface area contributed by atoms with Crippen molar-refractivity contribution in [2.45, 2.75) is 32.7 Å². The molecule has 0 aliphatic carbocycles. The molecule has 3 aromatic heterocycles. The first kappa shape index (κ1) is 14.9. The highest BCUT2D eigenvalue weighted by Gasteiger charge is 2.17. The highest BCUT2D eigenvalue weighted by Crippen LogP contribution is 2.20. The van der Waals surface area contributed by atoms with Gasteiger partial charge in [0.15, 0.2) is 5.82 Å². The molecule has 0 saturated carbocycles. The maximum atomic E-state index is 5.91. The van der Waals surface area contributed by atoms with E-state index in [1.54, 1.807) is 12.4 Å².